The molecule has 9 heteroatoms. The van der Waals surface area contributed by atoms with Crippen LogP contribution in [0, 0.1) is 10.1 Å². The Balaban J connectivity index is 1.60. The molecule has 0 spiro atoms. The number of nitro groups is 1. The van der Waals surface area contributed by atoms with Crippen molar-refractivity contribution in [2.24, 2.45) is 0 Å². The molecular weight excluding hydrogens is 424 g/mol. The van der Waals surface area contributed by atoms with Gasteiger partial charge in [-0.3, -0.25) is 19.7 Å². The number of methoxy groups -OCH3 is 1. The average molecular weight is 448 g/mol. The predicted octanol–water partition coefficient (Wildman–Crippen LogP) is 2.80. The largest absolute Gasteiger partial charge is 0.385 e. The van der Waals surface area contributed by atoms with E-state index in [4.69, 9.17) is 4.74 Å². The van der Waals surface area contributed by atoms with Crippen LogP contribution in [0.25, 0.3) is 10.9 Å². The minimum absolute atomic E-state index is 0.0120. The lowest BCUT2D eigenvalue weighted by Crippen LogP contribution is -2.63. The summed E-state index contributed by atoms with van der Waals surface area (Å²) in [4.78, 5) is 44.3. The summed E-state index contributed by atoms with van der Waals surface area (Å²) in [6.07, 6.45) is 1.08. The minimum atomic E-state index is -0.624. The number of benzene rings is 2. The van der Waals surface area contributed by atoms with Crippen LogP contribution in [-0.4, -0.2) is 64.4 Å². The highest BCUT2D eigenvalue weighted by molar-refractivity contribution is 5.97. The first kappa shape index (κ1) is 21.1. The number of nitro benzene ring substituents is 1. The second-order valence-corrected chi connectivity index (χ2v) is 8.44. The third-order valence-corrected chi connectivity index (χ3v) is 6.54. The van der Waals surface area contributed by atoms with Crippen LogP contribution in [-0.2, 0) is 20.7 Å². The molecule has 9 nitrogen and oxygen atoms in total. The highest BCUT2D eigenvalue weighted by Crippen LogP contribution is 2.42. The van der Waals surface area contributed by atoms with Gasteiger partial charge in [0, 0.05) is 55.4 Å². The number of amides is 2. The zero-order valence-electron chi connectivity index (χ0n) is 18.2. The molecule has 0 saturated carbocycles. The highest BCUT2D eigenvalue weighted by atomic mass is 16.6. The summed E-state index contributed by atoms with van der Waals surface area (Å²) in [7, 11) is 1.61. The van der Waals surface area contributed by atoms with E-state index in [-0.39, 0.29) is 24.0 Å². The number of H-pyrrole nitrogens is 1. The van der Waals surface area contributed by atoms with Crippen molar-refractivity contribution in [3.05, 3.63) is 75.5 Å². The van der Waals surface area contributed by atoms with Gasteiger partial charge < -0.3 is 19.5 Å². The number of rotatable bonds is 6. The number of nitrogens with zero attached hydrogens (tertiary/aromatic N) is 3. The van der Waals surface area contributed by atoms with Gasteiger partial charge in [-0.2, -0.15) is 0 Å². The number of aromatic nitrogens is 1. The first-order valence-corrected chi connectivity index (χ1v) is 10.9. The summed E-state index contributed by atoms with van der Waals surface area (Å²) >= 11 is 0. The van der Waals surface area contributed by atoms with Gasteiger partial charge in [0.25, 0.3) is 5.69 Å². The number of para-hydroxylation sites is 1. The molecule has 170 valence electrons. The van der Waals surface area contributed by atoms with Crippen LogP contribution in [0.3, 0.4) is 0 Å². The quantitative estimate of drug-likeness (QED) is 0.354. The number of aromatic amines is 1. The fourth-order valence-corrected chi connectivity index (χ4v) is 5.04. The van der Waals surface area contributed by atoms with Crippen LogP contribution in [0.15, 0.2) is 48.5 Å². The lowest BCUT2D eigenvalue weighted by Gasteiger charge is -2.47. The smallest absolute Gasteiger partial charge is 0.269 e. The van der Waals surface area contributed by atoms with E-state index in [9.17, 15) is 19.7 Å². The molecule has 0 bridgehead atoms. The van der Waals surface area contributed by atoms with E-state index in [0.29, 0.717) is 26.0 Å². The van der Waals surface area contributed by atoms with Gasteiger partial charge in [-0.25, -0.2) is 0 Å². The van der Waals surface area contributed by atoms with Crippen molar-refractivity contribution in [1.29, 1.82) is 0 Å². The van der Waals surface area contributed by atoms with Crippen molar-refractivity contribution in [2.75, 3.05) is 26.8 Å². The second-order valence-electron chi connectivity index (χ2n) is 8.44. The Morgan fingerprint density at radius 3 is 2.64 bits per heavy atom. The van der Waals surface area contributed by atoms with Gasteiger partial charge in [0.2, 0.25) is 11.8 Å². The highest BCUT2D eigenvalue weighted by Gasteiger charge is 2.48. The van der Waals surface area contributed by atoms with Gasteiger partial charge in [0.15, 0.2) is 0 Å². The number of fused-ring (bicyclic) bond motifs is 4. The molecule has 2 amide bonds. The molecule has 2 aliphatic rings. The zero-order valence-corrected chi connectivity index (χ0v) is 18.2. The summed E-state index contributed by atoms with van der Waals surface area (Å²) in [6.45, 7) is 0.994. The summed E-state index contributed by atoms with van der Waals surface area (Å²) in [5.41, 5.74) is 3.51. The standard InChI is InChI=1S/C24H24N4O5/c1-33-12-4-11-26-14-21(29)27-20(24(26)30)13-18-17-5-2-3-6-19(17)25-22(18)23(27)15-7-9-16(10-8-15)28(31)32/h2-3,5-10,20,23,25H,4,11-14H2,1H3/t20-,23+/m1/s1. The molecule has 2 atom stereocenters. The molecule has 0 unspecified atom stereocenters. The Bertz CT molecular complexity index is 1240. The van der Waals surface area contributed by atoms with Gasteiger partial charge in [-0.05, 0) is 35.7 Å². The van der Waals surface area contributed by atoms with Gasteiger partial charge in [0.1, 0.15) is 6.04 Å². The molecular formula is C24H24N4O5. The fraction of sp³-hybridized carbons (Fsp3) is 0.333. The van der Waals surface area contributed by atoms with Crippen LogP contribution >= 0.6 is 0 Å². The maximum absolute atomic E-state index is 13.5. The zero-order chi connectivity index (χ0) is 23.1. The molecule has 0 aliphatic carbocycles. The van der Waals surface area contributed by atoms with Crippen molar-refractivity contribution in [2.45, 2.75) is 24.9 Å². The van der Waals surface area contributed by atoms with Crippen molar-refractivity contribution in [3.8, 4) is 0 Å². The third-order valence-electron chi connectivity index (χ3n) is 6.54. The second kappa shape index (κ2) is 8.32. The van der Waals surface area contributed by atoms with Gasteiger partial charge in [-0.1, -0.05) is 18.2 Å². The Morgan fingerprint density at radius 2 is 1.91 bits per heavy atom. The van der Waals surface area contributed by atoms with E-state index in [1.54, 1.807) is 29.0 Å². The van der Waals surface area contributed by atoms with E-state index in [2.05, 4.69) is 4.98 Å². The maximum Gasteiger partial charge on any atom is 0.269 e. The first-order chi connectivity index (χ1) is 16.0. The molecule has 3 aromatic rings. The van der Waals surface area contributed by atoms with Crippen LogP contribution in [0.5, 0.6) is 0 Å². The Labute approximate surface area is 190 Å². The van der Waals surface area contributed by atoms with E-state index in [0.717, 1.165) is 27.7 Å². The SMILES string of the molecule is COCCCN1CC(=O)N2[C@@H](c3ccc([N+](=O)[O-])cc3)c3[nH]c4ccccc4c3C[C@@H]2C1=O. The number of ether oxygens (including phenoxy) is 1. The molecule has 1 aromatic heterocycles. The van der Waals surface area contributed by atoms with Crippen molar-refractivity contribution in [3.63, 3.8) is 0 Å². The Morgan fingerprint density at radius 1 is 1.15 bits per heavy atom. The summed E-state index contributed by atoms with van der Waals surface area (Å²) in [6, 6.07) is 12.9. The molecule has 1 fully saturated rings. The number of hydrogen-bond donors (Lipinski definition) is 1. The number of nitrogens with one attached hydrogen (secondary N) is 1. The Kier molecular flexibility index (Phi) is 5.33. The summed E-state index contributed by atoms with van der Waals surface area (Å²) in [5, 5.41) is 12.2. The minimum Gasteiger partial charge on any atom is -0.385 e. The number of non-ortho nitro benzene ring substituents is 1. The topological polar surface area (TPSA) is 109 Å². The van der Waals surface area contributed by atoms with Crippen LogP contribution in [0.1, 0.15) is 29.3 Å². The van der Waals surface area contributed by atoms with E-state index >= 15 is 0 Å². The molecule has 0 radical (unpaired) electrons. The third kappa shape index (κ3) is 3.54. The Hall–Kier alpha value is -3.72. The molecule has 33 heavy (non-hydrogen) atoms. The predicted molar refractivity (Wildman–Crippen MR) is 121 cm³/mol. The van der Waals surface area contributed by atoms with Gasteiger partial charge in [-0.15, -0.1) is 0 Å². The lowest BCUT2D eigenvalue weighted by molar-refractivity contribution is -0.384. The number of carbonyl (C=O) groups excluding carboxylic acids is 2. The molecule has 5 rings (SSSR count). The van der Waals surface area contributed by atoms with Gasteiger partial charge >= 0.3 is 0 Å². The first-order valence-electron chi connectivity index (χ1n) is 10.9. The molecule has 2 aromatic carbocycles. The molecule has 1 N–H and O–H groups in total. The number of hydrogen-bond acceptors (Lipinski definition) is 5. The van der Waals surface area contributed by atoms with Crippen molar-refractivity contribution in [1.82, 2.24) is 14.8 Å². The van der Waals surface area contributed by atoms with Crippen LogP contribution < -0.4 is 0 Å². The summed E-state index contributed by atoms with van der Waals surface area (Å²) < 4.78 is 5.10. The van der Waals surface area contributed by atoms with E-state index < -0.39 is 17.0 Å². The normalized spacial score (nSPS) is 20.2. The van der Waals surface area contributed by atoms with Crippen LogP contribution in [0.4, 0.5) is 5.69 Å². The lowest BCUT2D eigenvalue weighted by atomic mass is 9.86. The maximum atomic E-state index is 13.5. The van der Waals surface area contributed by atoms with Crippen molar-refractivity contribution >= 4 is 28.4 Å². The molecule has 1 saturated heterocycles. The average Bonchev–Trinajstić information content (AvgIpc) is 3.19. The van der Waals surface area contributed by atoms with E-state index in [1.807, 2.05) is 24.3 Å². The molecule has 3 heterocycles. The van der Waals surface area contributed by atoms with Crippen LogP contribution in [0.2, 0.25) is 0 Å². The van der Waals surface area contributed by atoms with Crippen molar-refractivity contribution < 1.29 is 19.2 Å². The van der Waals surface area contributed by atoms with Gasteiger partial charge in [0.05, 0.1) is 17.5 Å². The number of piperazine rings is 1. The monoisotopic (exact) mass is 448 g/mol. The van der Waals surface area contributed by atoms with E-state index in [1.165, 1.54) is 12.1 Å². The molecule has 2 aliphatic heterocycles. The fourth-order valence-electron chi connectivity index (χ4n) is 5.04. The summed E-state index contributed by atoms with van der Waals surface area (Å²) in [5.74, 6) is -0.210. The number of carbonyl (C=O) groups is 2.